The molecule has 1 unspecified atom stereocenters. The average molecular weight is 234 g/mol. The number of hydrogen-bond acceptors (Lipinski definition) is 2. The van der Waals surface area contributed by atoms with E-state index >= 15 is 0 Å². The quantitative estimate of drug-likeness (QED) is 0.396. The second-order valence-electron chi connectivity index (χ2n) is 4.10. The van der Waals surface area contributed by atoms with E-state index < -0.39 is 0 Å². The van der Waals surface area contributed by atoms with E-state index in [1.54, 1.807) is 0 Å². The zero-order chi connectivity index (χ0) is 10.6. The Balaban J connectivity index is 2.92. The topological polar surface area (TPSA) is 0 Å². The summed E-state index contributed by atoms with van der Waals surface area (Å²) in [5, 5.41) is 0.512. The van der Waals surface area contributed by atoms with Crippen molar-refractivity contribution in [3.8, 4) is 0 Å². The van der Waals surface area contributed by atoms with Crippen molar-refractivity contribution in [2.75, 3.05) is 5.75 Å². The molecule has 0 fully saturated rings. The third-order valence-electron chi connectivity index (χ3n) is 2.60. The smallest absolute Gasteiger partial charge is 0.0105 e. The lowest BCUT2D eigenvalue weighted by Gasteiger charge is -2.06. The molecule has 0 aliphatic rings. The van der Waals surface area contributed by atoms with Crippen LogP contribution in [-0.4, -0.2) is 11.0 Å². The Kier molecular flexibility index (Phi) is 12.4. The van der Waals surface area contributed by atoms with Gasteiger partial charge >= 0.3 is 0 Å². The van der Waals surface area contributed by atoms with E-state index in [0.29, 0.717) is 5.25 Å². The van der Waals surface area contributed by atoms with E-state index in [1.807, 2.05) is 0 Å². The molecule has 0 N–H and O–H groups in total. The van der Waals surface area contributed by atoms with Crippen LogP contribution in [0, 0.1) is 0 Å². The maximum absolute atomic E-state index is 4.42. The second kappa shape index (κ2) is 11.8. The molecule has 0 aromatic carbocycles. The standard InChI is InChI=1S/C12H26S2/c1-2-3-4-5-6-7-8-9-10-12(14)11-13/h12-14H,2-11H2,1H3. The van der Waals surface area contributed by atoms with Crippen molar-refractivity contribution in [1.82, 2.24) is 0 Å². The van der Waals surface area contributed by atoms with Gasteiger partial charge in [0, 0.05) is 11.0 Å². The minimum Gasteiger partial charge on any atom is -0.178 e. The normalized spacial score (nSPS) is 13.1. The maximum atomic E-state index is 4.42. The van der Waals surface area contributed by atoms with E-state index in [-0.39, 0.29) is 0 Å². The Hall–Kier alpha value is 0.700. The van der Waals surface area contributed by atoms with Gasteiger partial charge in [-0.25, -0.2) is 0 Å². The zero-order valence-corrected chi connectivity index (χ0v) is 11.3. The molecule has 0 aliphatic carbocycles. The van der Waals surface area contributed by atoms with Crippen LogP contribution in [0.3, 0.4) is 0 Å². The first kappa shape index (κ1) is 14.7. The van der Waals surface area contributed by atoms with Crippen LogP contribution in [0.4, 0.5) is 0 Å². The maximum Gasteiger partial charge on any atom is 0.0105 e. The van der Waals surface area contributed by atoms with Crippen molar-refractivity contribution in [1.29, 1.82) is 0 Å². The molecule has 0 radical (unpaired) electrons. The van der Waals surface area contributed by atoms with Crippen molar-refractivity contribution in [3.05, 3.63) is 0 Å². The number of hydrogen-bond donors (Lipinski definition) is 2. The van der Waals surface area contributed by atoms with Gasteiger partial charge in [0.1, 0.15) is 0 Å². The van der Waals surface area contributed by atoms with Crippen LogP contribution in [0.1, 0.15) is 64.7 Å². The summed E-state index contributed by atoms with van der Waals surface area (Å²) in [5.41, 5.74) is 0. The second-order valence-corrected chi connectivity index (χ2v) is 5.20. The van der Waals surface area contributed by atoms with Gasteiger partial charge in [-0.2, -0.15) is 25.3 Å². The van der Waals surface area contributed by atoms with Crippen LogP contribution in [-0.2, 0) is 0 Å². The van der Waals surface area contributed by atoms with Crippen molar-refractivity contribution in [3.63, 3.8) is 0 Å². The molecule has 0 spiro atoms. The number of rotatable bonds is 10. The van der Waals surface area contributed by atoms with E-state index in [4.69, 9.17) is 0 Å². The molecule has 0 saturated carbocycles. The highest BCUT2D eigenvalue weighted by atomic mass is 32.1. The van der Waals surface area contributed by atoms with Gasteiger partial charge < -0.3 is 0 Å². The van der Waals surface area contributed by atoms with E-state index in [0.717, 1.165) is 5.75 Å². The summed E-state index contributed by atoms with van der Waals surface area (Å²) in [5.74, 6) is 0.916. The number of unbranched alkanes of at least 4 members (excludes halogenated alkanes) is 7. The van der Waals surface area contributed by atoms with Gasteiger partial charge in [0.2, 0.25) is 0 Å². The largest absolute Gasteiger partial charge is 0.178 e. The molecule has 14 heavy (non-hydrogen) atoms. The fourth-order valence-electron chi connectivity index (χ4n) is 1.61. The van der Waals surface area contributed by atoms with Gasteiger partial charge in [-0.1, -0.05) is 58.3 Å². The molecule has 0 nitrogen and oxygen atoms in total. The van der Waals surface area contributed by atoms with Gasteiger partial charge in [0.15, 0.2) is 0 Å². The highest BCUT2D eigenvalue weighted by Gasteiger charge is 1.98. The van der Waals surface area contributed by atoms with Crippen LogP contribution < -0.4 is 0 Å². The summed E-state index contributed by atoms with van der Waals surface area (Å²) >= 11 is 8.65. The van der Waals surface area contributed by atoms with Gasteiger partial charge in [-0.15, -0.1) is 0 Å². The monoisotopic (exact) mass is 234 g/mol. The van der Waals surface area contributed by atoms with Crippen LogP contribution in [0.2, 0.25) is 0 Å². The summed E-state index contributed by atoms with van der Waals surface area (Å²) in [6.07, 6.45) is 12.4. The van der Waals surface area contributed by atoms with Crippen LogP contribution in [0.15, 0.2) is 0 Å². The van der Waals surface area contributed by atoms with Crippen molar-refractivity contribution < 1.29 is 0 Å². The van der Waals surface area contributed by atoms with E-state index in [2.05, 4.69) is 32.2 Å². The summed E-state index contributed by atoms with van der Waals surface area (Å²) in [4.78, 5) is 0. The Labute approximate surface area is 101 Å². The average Bonchev–Trinajstić information content (AvgIpc) is 2.21. The summed E-state index contributed by atoms with van der Waals surface area (Å²) < 4.78 is 0. The minimum atomic E-state index is 0.512. The lowest BCUT2D eigenvalue weighted by atomic mass is 10.1. The molecule has 2 heteroatoms. The third kappa shape index (κ3) is 10.8. The Morgan fingerprint density at radius 3 is 1.86 bits per heavy atom. The first-order valence-corrected chi connectivity index (χ1v) is 7.25. The molecule has 86 valence electrons. The van der Waals surface area contributed by atoms with Crippen LogP contribution in [0.5, 0.6) is 0 Å². The first-order chi connectivity index (χ1) is 6.81. The highest BCUT2D eigenvalue weighted by molar-refractivity contribution is 7.84. The number of thiol groups is 2. The highest BCUT2D eigenvalue weighted by Crippen LogP contribution is 2.13. The fraction of sp³-hybridized carbons (Fsp3) is 1.00. The van der Waals surface area contributed by atoms with Gasteiger partial charge in [-0.3, -0.25) is 0 Å². The van der Waals surface area contributed by atoms with Crippen molar-refractivity contribution >= 4 is 25.3 Å². The molecule has 0 amide bonds. The lowest BCUT2D eigenvalue weighted by Crippen LogP contribution is -1.99. The summed E-state index contributed by atoms with van der Waals surface area (Å²) in [7, 11) is 0. The molecule has 1 atom stereocenters. The Morgan fingerprint density at radius 1 is 0.857 bits per heavy atom. The molecule has 0 aromatic heterocycles. The molecule has 0 aromatic rings. The lowest BCUT2D eigenvalue weighted by molar-refractivity contribution is 0.565. The zero-order valence-electron chi connectivity index (χ0n) is 9.54. The van der Waals surface area contributed by atoms with Gasteiger partial charge in [0.05, 0.1) is 0 Å². The molecular weight excluding hydrogens is 208 g/mol. The fourth-order valence-corrected chi connectivity index (χ4v) is 1.97. The first-order valence-electron chi connectivity index (χ1n) is 6.10. The SMILES string of the molecule is CCCCCCCCCCC(S)CS. The molecule has 0 aliphatic heterocycles. The molecule has 0 bridgehead atoms. The van der Waals surface area contributed by atoms with Gasteiger partial charge in [-0.05, 0) is 6.42 Å². The predicted molar refractivity (Wildman–Crippen MR) is 73.9 cm³/mol. The Morgan fingerprint density at radius 2 is 1.36 bits per heavy atom. The van der Waals surface area contributed by atoms with Crippen LogP contribution >= 0.6 is 25.3 Å². The van der Waals surface area contributed by atoms with E-state index in [1.165, 1.54) is 57.8 Å². The molecule has 0 saturated heterocycles. The summed E-state index contributed by atoms with van der Waals surface area (Å²) in [6, 6.07) is 0. The van der Waals surface area contributed by atoms with Gasteiger partial charge in [0.25, 0.3) is 0 Å². The molecule has 0 heterocycles. The predicted octanol–water partition coefficient (Wildman–Crippen LogP) is 4.75. The van der Waals surface area contributed by atoms with Crippen molar-refractivity contribution in [2.45, 2.75) is 70.0 Å². The molecule has 0 rings (SSSR count). The minimum absolute atomic E-state index is 0.512. The summed E-state index contributed by atoms with van der Waals surface area (Å²) in [6.45, 7) is 2.27. The Bertz CT molecular complexity index is 104. The third-order valence-corrected chi connectivity index (χ3v) is 3.77. The van der Waals surface area contributed by atoms with E-state index in [9.17, 15) is 0 Å². The van der Waals surface area contributed by atoms with Crippen LogP contribution in [0.25, 0.3) is 0 Å². The molecular formula is C12H26S2. The van der Waals surface area contributed by atoms with Crippen molar-refractivity contribution in [2.24, 2.45) is 0 Å².